The van der Waals surface area contributed by atoms with Crippen molar-refractivity contribution in [2.45, 2.75) is 19.9 Å². The summed E-state index contributed by atoms with van der Waals surface area (Å²) in [4.78, 5) is 12.4. The van der Waals surface area contributed by atoms with Gasteiger partial charge in [-0.1, -0.05) is 18.2 Å². The summed E-state index contributed by atoms with van der Waals surface area (Å²) < 4.78 is 28.1. The number of hydrogen-bond acceptors (Lipinski definition) is 7. The number of nitriles is 1. The van der Waals surface area contributed by atoms with Gasteiger partial charge in [0.15, 0.2) is 23.0 Å². The highest BCUT2D eigenvalue weighted by molar-refractivity contribution is 6.01. The summed E-state index contributed by atoms with van der Waals surface area (Å²) in [5.41, 5.74) is 1.67. The maximum atomic E-state index is 12.4. The second-order valence-corrected chi connectivity index (χ2v) is 7.75. The van der Waals surface area contributed by atoms with Crippen LogP contribution in [0, 0.1) is 11.3 Å². The van der Waals surface area contributed by atoms with Crippen molar-refractivity contribution in [1.29, 1.82) is 5.26 Å². The molecule has 0 aliphatic carbocycles. The molecule has 1 aromatic heterocycles. The van der Waals surface area contributed by atoms with Gasteiger partial charge in [0.2, 0.25) is 0 Å². The number of ether oxygens (including phenoxy) is 4. The highest BCUT2D eigenvalue weighted by Crippen LogP contribution is 2.30. The van der Waals surface area contributed by atoms with E-state index in [1.165, 1.54) is 12.3 Å². The molecule has 2 aromatic carbocycles. The monoisotopic (exact) mass is 502 g/mol. The maximum Gasteiger partial charge on any atom is 0.262 e. The van der Waals surface area contributed by atoms with E-state index in [1.54, 1.807) is 37.4 Å². The Kier molecular flexibility index (Phi) is 10.2. The number of allylic oxidation sites excluding steroid dienone is 1. The van der Waals surface area contributed by atoms with E-state index in [9.17, 15) is 10.1 Å². The minimum atomic E-state index is -0.498. The molecule has 3 rings (SSSR count). The van der Waals surface area contributed by atoms with E-state index in [-0.39, 0.29) is 18.7 Å². The Morgan fingerprint density at radius 2 is 1.81 bits per heavy atom. The number of furan rings is 1. The first-order chi connectivity index (χ1) is 18.1. The van der Waals surface area contributed by atoms with Gasteiger partial charge in [-0.25, -0.2) is 0 Å². The van der Waals surface area contributed by atoms with Crippen molar-refractivity contribution in [3.63, 3.8) is 0 Å². The van der Waals surface area contributed by atoms with Gasteiger partial charge in [0, 0.05) is 0 Å². The van der Waals surface area contributed by atoms with Crippen LogP contribution in [0.15, 0.2) is 77.4 Å². The Hall–Kier alpha value is -4.64. The molecule has 192 valence electrons. The standard InChI is InChI=1S/C29H30N2O6/c1-4-7-21-9-11-25(27(17-21)33-3)36-14-15-37-26-12-10-22(18-28(26)34-5-2)16-23(19-30)29(32)31-20-24-8-6-13-35-24/h4,6,8-13,16-18H,1,5,7,14-15,20H2,2-3H3,(H,31,32)/b23-16+. The fraction of sp³-hybridized carbons (Fsp3) is 0.241. The van der Waals surface area contributed by atoms with Gasteiger partial charge < -0.3 is 28.7 Å². The van der Waals surface area contributed by atoms with E-state index >= 15 is 0 Å². The average Bonchev–Trinajstić information content (AvgIpc) is 3.44. The molecule has 1 N–H and O–H groups in total. The molecule has 0 aliphatic rings. The summed E-state index contributed by atoms with van der Waals surface area (Å²) in [7, 11) is 1.60. The number of nitrogens with one attached hydrogen (secondary N) is 1. The number of carbonyl (C=O) groups excluding carboxylic acids is 1. The van der Waals surface area contributed by atoms with E-state index in [0.717, 1.165) is 12.0 Å². The highest BCUT2D eigenvalue weighted by atomic mass is 16.5. The SMILES string of the molecule is C=CCc1ccc(OCCOc2ccc(/C=C(\C#N)C(=O)NCc3ccco3)cc2OCC)c(OC)c1. The summed E-state index contributed by atoms with van der Waals surface area (Å²) in [6.45, 7) is 6.78. The third-order valence-electron chi connectivity index (χ3n) is 5.15. The lowest BCUT2D eigenvalue weighted by molar-refractivity contribution is -0.117. The second kappa shape index (κ2) is 14.0. The summed E-state index contributed by atoms with van der Waals surface area (Å²) in [6, 6.07) is 16.4. The fourth-order valence-corrected chi connectivity index (χ4v) is 3.42. The Bertz CT molecular complexity index is 1260. The molecule has 8 nitrogen and oxygen atoms in total. The van der Waals surface area contributed by atoms with E-state index in [1.807, 2.05) is 37.3 Å². The normalized spacial score (nSPS) is 10.8. The first kappa shape index (κ1) is 27.0. The Labute approximate surface area is 216 Å². The van der Waals surface area contributed by atoms with Crippen LogP contribution in [0.1, 0.15) is 23.8 Å². The van der Waals surface area contributed by atoms with Crippen LogP contribution in [0.4, 0.5) is 0 Å². The van der Waals surface area contributed by atoms with Gasteiger partial charge >= 0.3 is 0 Å². The van der Waals surface area contributed by atoms with Gasteiger partial charge in [0.1, 0.15) is 30.6 Å². The zero-order valence-electron chi connectivity index (χ0n) is 21.0. The van der Waals surface area contributed by atoms with E-state index in [4.69, 9.17) is 23.4 Å². The lowest BCUT2D eigenvalue weighted by Gasteiger charge is -2.14. The molecule has 0 fully saturated rings. The number of carbonyl (C=O) groups is 1. The van der Waals surface area contributed by atoms with Gasteiger partial charge in [0.25, 0.3) is 5.91 Å². The fourth-order valence-electron chi connectivity index (χ4n) is 3.42. The van der Waals surface area contributed by atoms with Crippen molar-refractivity contribution in [2.24, 2.45) is 0 Å². The average molecular weight is 503 g/mol. The first-order valence-electron chi connectivity index (χ1n) is 11.8. The molecule has 0 radical (unpaired) electrons. The molecule has 1 heterocycles. The van der Waals surface area contributed by atoms with Crippen LogP contribution in [0.5, 0.6) is 23.0 Å². The van der Waals surface area contributed by atoms with E-state index in [2.05, 4.69) is 11.9 Å². The Morgan fingerprint density at radius 3 is 2.46 bits per heavy atom. The van der Waals surface area contributed by atoms with Crippen LogP contribution in [0.25, 0.3) is 6.08 Å². The van der Waals surface area contributed by atoms with Crippen LogP contribution in [0.3, 0.4) is 0 Å². The summed E-state index contributed by atoms with van der Waals surface area (Å²) in [6.07, 6.45) is 5.59. The Balaban J connectivity index is 1.62. The molecule has 0 aliphatic heterocycles. The van der Waals surface area contributed by atoms with Crippen molar-refractivity contribution >= 4 is 12.0 Å². The van der Waals surface area contributed by atoms with E-state index in [0.29, 0.717) is 47.5 Å². The molecule has 1 amide bonds. The van der Waals surface area contributed by atoms with Crippen molar-refractivity contribution in [2.75, 3.05) is 26.9 Å². The zero-order valence-corrected chi connectivity index (χ0v) is 21.0. The van der Waals surface area contributed by atoms with Gasteiger partial charge in [-0.2, -0.15) is 5.26 Å². The predicted molar refractivity (Wildman–Crippen MR) is 140 cm³/mol. The van der Waals surface area contributed by atoms with Crippen LogP contribution in [0.2, 0.25) is 0 Å². The van der Waals surface area contributed by atoms with E-state index < -0.39 is 5.91 Å². The minimum Gasteiger partial charge on any atom is -0.493 e. The summed E-state index contributed by atoms with van der Waals surface area (Å²) >= 11 is 0. The van der Waals surface area contributed by atoms with Gasteiger partial charge in [-0.05, 0) is 66.9 Å². The van der Waals surface area contributed by atoms with Crippen molar-refractivity contribution in [3.8, 4) is 29.1 Å². The van der Waals surface area contributed by atoms with Crippen LogP contribution in [-0.2, 0) is 17.8 Å². The molecule has 8 heteroatoms. The summed E-state index contributed by atoms with van der Waals surface area (Å²) in [5, 5.41) is 12.1. The lowest BCUT2D eigenvalue weighted by Crippen LogP contribution is -2.23. The van der Waals surface area contributed by atoms with Crippen molar-refractivity contribution in [1.82, 2.24) is 5.32 Å². The van der Waals surface area contributed by atoms with Gasteiger partial charge in [0.05, 0.1) is 26.5 Å². The number of nitrogens with zero attached hydrogens (tertiary/aromatic N) is 1. The molecule has 0 unspecified atom stereocenters. The quantitative estimate of drug-likeness (QED) is 0.142. The zero-order chi connectivity index (χ0) is 26.5. The minimum absolute atomic E-state index is 0.0378. The first-order valence-corrected chi connectivity index (χ1v) is 11.8. The predicted octanol–water partition coefficient (Wildman–Crippen LogP) is 5.10. The number of amides is 1. The summed E-state index contributed by atoms with van der Waals surface area (Å²) in [5.74, 6) is 2.39. The van der Waals surface area contributed by atoms with Crippen LogP contribution < -0.4 is 24.3 Å². The molecule has 0 saturated heterocycles. The molecule has 3 aromatic rings. The molecule has 0 spiro atoms. The lowest BCUT2D eigenvalue weighted by atomic mass is 10.1. The molecule has 0 atom stereocenters. The number of hydrogen-bond donors (Lipinski definition) is 1. The largest absolute Gasteiger partial charge is 0.493 e. The number of rotatable bonds is 14. The molecular weight excluding hydrogens is 472 g/mol. The molecular formula is C29H30N2O6. The molecule has 37 heavy (non-hydrogen) atoms. The Morgan fingerprint density at radius 1 is 1.05 bits per heavy atom. The number of methoxy groups -OCH3 is 1. The topological polar surface area (TPSA) is 103 Å². The maximum absolute atomic E-state index is 12.4. The molecule has 0 saturated carbocycles. The van der Waals surface area contributed by atoms with Crippen LogP contribution in [-0.4, -0.2) is 32.8 Å². The van der Waals surface area contributed by atoms with Crippen LogP contribution >= 0.6 is 0 Å². The van der Waals surface area contributed by atoms with Crippen molar-refractivity contribution in [3.05, 3.63) is 89.9 Å². The molecule has 0 bridgehead atoms. The third kappa shape index (κ3) is 7.94. The third-order valence-corrected chi connectivity index (χ3v) is 5.15. The number of benzene rings is 2. The second-order valence-electron chi connectivity index (χ2n) is 7.75. The van der Waals surface area contributed by atoms with Crippen molar-refractivity contribution < 1.29 is 28.2 Å². The highest BCUT2D eigenvalue weighted by Gasteiger charge is 2.12. The smallest absolute Gasteiger partial charge is 0.262 e. The van der Waals surface area contributed by atoms with Gasteiger partial charge in [-0.15, -0.1) is 6.58 Å². The van der Waals surface area contributed by atoms with Gasteiger partial charge in [-0.3, -0.25) is 4.79 Å².